The molecule has 0 aliphatic carbocycles. The molecule has 0 spiro atoms. The summed E-state index contributed by atoms with van der Waals surface area (Å²) >= 11 is 1.55. The van der Waals surface area contributed by atoms with Crippen molar-refractivity contribution in [3.63, 3.8) is 0 Å². The van der Waals surface area contributed by atoms with Crippen LogP contribution in [0.2, 0.25) is 0 Å². The van der Waals surface area contributed by atoms with Gasteiger partial charge in [0.2, 0.25) is 5.75 Å². The van der Waals surface area contributed by atoms with Crippen LogP contribution in [0.1, 0.15) is 56.1 Å². The SMILES string of the molecule is CCOc1cc(C(=O)N(CCN(CC)CC)c2nc3c(C)c(C)ccc3s2)cc(OCC)c1OCC. The zero-order valence-corrected chi connectivity index (χ0v) is 23.5. The van der Waals surface area contributed by atoms with Gasteiger partial charge in [-0.1, -0.05) is 31.3 Å². The van der Waals surface area contributed by atoms with E-state index >= 15 is 0 Å². The van der Waals surface area contributed by atoms with E-state index in [1.807, 2.05) is 20.8 Å². The number of aromatic nitrogens is 1. The van der Waals surface area contributed by atoms with Gasteiger partial charge in [-0.3, -0.25) is 9.69 Å². The molecule has 7 nitrogen and oxygen atoms in total. The molecule has 0 atom stereocenters. The van der Waals surface area contributed by atoms with Gasteiger partial charge in [-0.2, -0.15) is 0 Å². The number of hydrogen-bond donors (Lipinski definition) is 0. The number of rotatable bonds is 13. The number of ether oxygens (including phenoxy) is 3. The van der Waals surface area contributed by atoms with E-state index in [-0.39, 0.29) is 5.91 Å². The number of likely N-dealkylation sites (N-methyl/N-ethyl adjacent to an activating group) is 1. The van der Waals surface area contributed by atoms with Crippen LogP contribution in [0.4, 0.5) is 5.13 Å². The second-order valence-corrected chi connectivity index (χ2v) is 9.44. The molecule has 2 aromatic carbocycles. The molecule has 3 rings (SSSR count). The smallest absolute Gasteiger partial charge is 0.260 e. The molecule has 1 aromatic heterocycles. The summed E-state index contributed by atoms with van der Waals surface area (Å²) in [4.78, 5) is 23.1. The fraction of sp³-hybridized carbons (Fsp3) is 0.500. The third kappa shape index (κ3) is 6.10. The van der Waals surface area contributed by atoms with Crippen LogP contribution in [0.15, 0.2) is 24.3 Å². The molecule has 0 aliphatic heterocycles. The molecular weight excluding hydrogens is 474 g/mol. The highest BCUT2D eigenvalue weighted by atomic mass is 32.1. The summed E-state index contributed by atoms with van der Waals surface area (Å²) in [6, 6.07) is 7.71. The van der Waals surface area contributed by atoms with Gasteiger partial charge in [0.25, 0.3) is 5.91 Å². The lowest BCUT2D eigenvalue weighted by Gasteiger charge is -2.25. The van der Waals surface area contributed by atoms with E-state index in [1.165, 1.54) is 5.56 Å². The Hall–Kier alpha value is -2.84. The van der Waals surface area contributed by atoms with Gasteiger partial charge in [0.1, 0.15) is 0 Å². The monoisotopic (exact) mass is 513 g/mol. The first kappa shape index (κ1) is 27.7. The molecule has 1 amide bonds. The third-order valence-electron chi connectivity index (χ3n) is 6.24. The lowest BCUT2D eigenvalue weighted by Crippen LogP contribution is -2.39. The number of anilines is 1. The topological polar surface area (TPSA) is 64.1 Å². The van der Waals surface area contributed by atoms with Crippen LogP contribution in [-0.2, 0) is 0 Å². The molecule has 0 N–H and O–H groups in total. The molecule has 1 heterocycles. The zero-order chi connectivity index (χ0) is 26.2. The summed E-state index contributed by atoms with van der Waals surface area (Å²) in [6.07, 6.45) is 0. The largest absolute Gasteiger partial charge is 0.490 e. The van der Waals surface area contributed by atoms with Crippen molar-refractivity contribution in [1.29, 1.82) is 0 Å². The number of carbonyl (C=O) groups excluding carboxylic acids is 1. The molecule has 36 heavy (non-hydrogen) atoms. The fourth-order valence-corrected chi connectivity index (χ4v) is 5.11. The molecule has 3 aromatic rings. The number of thiazole rings is 1. The fourth-order valence-electron chi connectivity index (χ4n) is 4.06. The summed E-state index contributed by atoms with van der Waals surface area (Å²) in [7, 11) is 0. The molecule has 0 bridgehead atoms. The van der Waals surface area contributed by atoms with E-state index in [0.717, 1.165) is 35.4 Å². The molecular formula is C28H39N3O4S. The van der Waals surface area contributed by atoms with Gasteiger partial charge in [0.05, 0.1) is 30.0 Å². The van der Waals surface area contributed by atoms with E-state index in [9.17, 15) is 4.79 Å². The molecule has 196 valence electrons. The Balaban J connectivity index is 2.10. The number of aryl methyl sites for hydroxylation is 2. The Morgan fingerprint density at radius 1 is 0.889 bits per heavy atom. The lowest BCUT2D eigenvalue weighted by molar-refractivity contribution is 0.0982. The maximum Gasteiger partial charge on any atom is 0.260 e. The minimum Gasteiger partial charge on any atom is -0.490 e. The van der Waals surface area contributed by atoms with Crippen molar-refractivity contribution in [3.05, 3.63) is 41.0 Å². The molecule has 0 fully saturated rings. The molecule has 0 aliphatic rings. The number of amides is 1. The summed E-state index contributed by atoms with van der Waals surface area (Å²) in [5, 5.41) is 0.695. The number of fused-ring (bicyclic) bond motifs is 1. The van der Waals surface area contributed by atoms with Gasteiger partial charge in [-0.15, -0.1) is 0 Å². The summed E-state index contributed by atoms with van der Waals surface area (Å²) in [5.41, 5.74) is 3.77. The number of nitrogens with zero attached hydrogens (tertiary/aromatic N) is 3. The van der Waals surface area contributed by atoms with Gasteiger partial charge in [0.15, 0.2) is 16.6 Å². The van der Waals surface area contributed by atoms with Crippen LogP contribution in [0.5, 0.6) is 17.2 Å². The Bertz CT molecular complexity index is 1150. The summed E-state index contributed by atoms with van der Waals surface area (Å²) < 4.78 is 18.6. The predicted octanol–water partition coefficient (Wildman–Crippen LogP) is 6.10. The zero-order valence-electron chi connectivity index (χ0n) is 22.6. The van der Waals surface area contributed by atoms with Gasteiger partial charge < -0.3 is 19.1 Å². The Morgan fingerprint density at radius 2 is 1.50 bits per heavy atom. The normalized spacial score (nSPS) is 11.2. The minimum atomic E-state index is -0.138. The van der Waals surface area contributed by atoms with Gasteiger partial charge in [-0.05, 0) is 77.0 Å². The molecule has 8 heteroatoms. The lowest BCUT2D eigenvalue weighted by atomic mass is 10.1. The first-order chi connectivity index (χ1) is 17.4. The summed E-state index contributed by atoms with van der Waals surface area (Å²) in [5.74, 6) is 1.40. The van der Waals surface area contributed by atoms with Crippen LogP contribution in [0.25, 0.3) is 10.2 Å². The quantitative estimate of drug-likeness (QED) is 0.275. The van der Waals surface area contributed by atoms with E-state index < -0.39 is 0 Å². The maximum absolute atomic E-state index is 14.1. The number of benzene rings is 2. The highest BCUT2D eigenvalue weighted by Gasteiger charge is 2.26. The van der Waals surface area contributed by atoms with Crippen LogP contribution in [-0.4, -0.2) is 61.8 Å². The van der Waals surface area contributed by atoms with Crippen molar-refractivity contribution >= 4 is 32.6 Å². The first-order valence-electron chi connectivity index (χ1n) is 12.9. The average molecular weight is 514 g/mol. The minimum absolute atomic E-state index is 0.138. The second kappa shape index (κ2) is 12.9. The molecule has 0 saturated carbocycles. The Labute approximate surface area is 219 Å². The standard InChI is InChI=1S/C28H39N3O4S/c1-8-30(9-2)15-16-31(28-29-25-20(7)19(6)13-14-24(25)36-28)27(32)21-17-22(33-10-3)26(35-12-5)23(18-21)34-11-4/h13-14,17-18H,8-12,15-16H2,1-7H3. The number of carbonyl (C=O) groups is 1. The first-order valence-corrected chi connectivity index (χ1v) is 13.7. The van der Waals surface area contributed by atoms with Gasteiger partial charge in [0, 0.05) is 18.7 Å². The van der Waals surface area contributed by atoms with Gasteiger partial charge >= 0.3 is 0 Å². The highest BCUT2D eigenvalue weighted by molar-refractivity contribution is 7.22. The van der Waals surface area contributed by atoms with Crippen molar-refractivity contribution < 1.29 is 19.0 Å². The van der Waals surface area contributed by atoms with Crippen molar-refractivity contribution in [3.8, 4) is 17.2 Å². The van der Waals surface area contributed by atoms with E-state index in [1.54, 1.807) is 28.4 Å². The predicted molar refractivity (Wildman–Crippen MR) is 149 cm³/mol. The Kier molecular flexibility index (Phi) is 9.96. The van der Waals surface area contributed by atoms with Gasteiger partial charge in [-0.25, -0.2) is 4.98 Å². The second-order valence-electron chi connectivity index (χ2n) is 8.43. The maximum atomic E-state index is 14.1. The third-order valence-corrected chi connectivity index (χ3v) is 7.28. The van der Waals surface area contributed by atoms with Crippen molar-refractivity contribution in [2.45, 2.75) is 48.5 Å². The van der Waals surface area contributed by atoms with E-state index in [0.29, 0.717) is 54.3 Å². The van der Waals surface area contributed by atoms with E-state index in [4.69, 9.17) is 19.2 Å². The highest BCUT2D eigenvalue weighted by Crippen LogP contribution is 2.40. The molecule has 0 saturated heterocycles. The van der Waals surface area contributed by atoms with Crippen molar-refractivity contribution in [1.82, 2.24) is 9.88 Å². The van der Waals surface area contributed by atoms with Crippen molar-refractivity contribution in [2.24, 2.45) is 0 Å². The molecule has 0 radical (unpaired) electrons. The van der Waals surface area contributed by atoms with Crippen LogP contribution in [0, 0.1) is 13.8 Å². The Morgan fingerprint density at radius 3 is 2.06 bits per heavy atom. The number of hydrogen-bond acceptors (Lipinski definition) is 7. The van der Waals surface area contributed by atoms with Crippen LogP contribution >= 0.6 is 11.3 Å². The van der Waals surface area contributed by atoms with Crippen LogP contribution in [0.3, 0.4) is 0 Å². The average Bonchev–Trinajstić information content (AvgIpc) is 3.30. The summed E-state index contributed by atoms with van der Waals surface area (Å²) in [6.45, 7) is 18.6. The van der Waals surface area contributed by atoms with Crippen molar-refractivity contribution in [2.75, 3.05) is 50.9 Å². The van der Waals surface area contributed by atoms with E-state index in [2.05, 4.69) is 44.7 Å². The van der Waals surface area contributed by atoms with Crippen LogP contribution < -0.4 is 19.1 Å². The molecule has 0 unspecified atom stereocenters.